The van der Waals surface area contributed by atoms with Gasteiger partial charge in [-0.1, -0.05) is 12.1 Å². The van der Waals surface area contributed by atoms with E-state index in [2.05, 4.69) is 25.4 Å². The van der Waals surface area contributed by atoms with E-state index in [1.165, 1.54) is 11.0 Å². The molecular weight excluding hydrogens is 462 g/mol. The van der Waals surface area contributed by atoms with Crippen molar-refractivity contribution in [3.63, 3.8) is 0 Å². The van der Waals surface area contributed by atoms with Crippen molar-refractivity contribution in [3.8, 4) is 5.82 Å². The van der Waals surface area contributed by atoms with Crippen LogP contribution in [0.15, 0.2) is 36.8 Å². The van der Waals surface area contributed by atoms with Gasteiger partial charge in [0.25, 0.3) is 5.91 Å². The van der Waals surface area contributed by atoms with Gasteiger partial charge < -0.3 is 19.8 Å². The van der Waals surface area contributed by atoms with Gasteiger partial charge in [-0.05, 0) is 64.4 Å². The Bertz CT molecular complexity index is 1250. The summed E-state index contributed by atoms with van der Waals surface area (Å²) in [6, 6.07) is 7.26. The number of tetrazole rings is 1. The van der Waals surface area contributed by atoms with Crippen molar-refractivity contribution < 1.29 is 19.7 Å². The molecule has 3 aliphatic rings. The fraction of sp³-hybridized carbons (Fsp3) is 0.480. The quantitative estimate of drug-likeness (QED) is 0.537. The van der Waals surface area contributed by atoms with Crippen molar-refractivity contribution in [1.82, 2.24) is 35.0 Å². The molecule has 2 fully saturated rings. The normalized spacial score (nSPS) is 24.5. The lowest BCUT2D eigenvalue weighted by Crippen LogP contribution is -2.43. The zero-order valence-electron chi connectivity index (χ0n) is 20.1. The summed E-state index contributed by atoms with van der Waals surface area (Å²) in [5, 5.41) is 32.0. The number of nitrogens with zero attached hydrogens (tertiary/aromatic N) is 7. The first-order valence-electron chi connectivity index (χ1n) is 12.3. The van der Waals surface area contributed by atoms with Crippen LogP contribution >= 0.6 is 0 Å². The monoisotopic (exact) mass is 491 g/mol. The molecule has 5 heterocycles. The number of rotatable bonds is 5. The van der Waals surface area contributed by atoms with Crippen LogP contribution < -0.4 is 0 Å². The molecule has 0 aliphatic carbocycles. The molecule has 3 aliphatic heterocycles. The molecule has 0 radical (unpaired) electrons. The van der Waals surface area contributed by atoms with Gasteiger partial charge in [-0.25, -0.2) is 4.98 Å². The van der Waals surface area contributed by atoms with Crippen LogP contribution in [-0.4, -0.2) is 83.8 Å². The lowest BCUT2D eigenvalue weighted by atomic mass is 9.88. The maximum absolute atomic E-state index is 13.1. The van der Waals surface area contributed by atoms with Crippen LogP contribution in [0, 0.1) is 18.8 Å². The number of β-amino-alcohol motifs (C(OH)–C–C–N with tert-alkyl or cyclic N) is 1. The van der Waals surface area contributed by atoms with Gasteiger partial charge in [0.1, 0.15) is 6.33 Å². The van der Waals surface area contributed by atoms with Gasteiger partial charge in [0, 0.05) is 44.5 Å². The number of benzene rings is 1. The summed E-state index contributed by atoms with van der Waals surface area (Å²) in [5.74, 6) is 1.45. The van der Waals surface area contributed by atoms with Crippen molar-refractivity contribution in [2.24, 2.45) is 11.8 Å². The predicted octanol–water partition coefficient (Wildman–Crippen LogP) is 1.01. The number of piperidine rings is 1. The second kappa shape index (κ2) is 9.32. The summed E-state index contributed by atoms with van der Waals surface area (Å²) < 4.78 is 6.79. The van der Waals surface area contributed by atoms with Gasteiger partial charge in [0.15, 0.2) is 12.1 Å². The highest BCUT2D eigenvalue weighted by Crippen LogP contribution is 2.36. The highest BCUT2D eigenvalue weighted by molar-refractivity contribution is 5.94. The van der Waals surface area contributed by atoms with Gasteiger partial charge in [0.2, 0.25) is 0 Å². The molecule has 0 saturated carbocycles. The van der Waals surface area contributed by atoms with Crippen LogP contribution in [0.4, 0.5) is 0 Å². The Labute approximate surface area is 208 Å². The minimum Gasteiger partial charge on any atom is -0.387 e. The standard InChI is InChI=1S/C25H29N7O4/c1-15-19(3-4-20-21(15)13-36-25(20)35)22(33)12-30-9-17-6-7-31(11-18(17)10-30)24(34)16-2-5-23(26-8-16)32-14-27-28-29-32/h2-5,8,14,17-18,22,25,33,35H,6-7,9-13H2,1H3. The molecule has 11 nitrogen and oxygen atoms in total. The summed E-state index contributed by atoms with van der Waals surface area (Å²) in [4.78, 5) is 21.7. The van der Waals surface area contributed by atoms with Gasteiger partial charge in [-0.3, -0.25) is 9.69 Å². The van der Waals surface area contributed by atoms with Gasteiger partial charge in [0.05, 0.1) is 18.3 Å². The summed E-state index contributed by atoms with van der Waals surface area (Å²) >= 11 is 0. The van der Waals surface area contributed by atoms with E-state index in [4.69, 9.17) is 4.74 Å². The summed E-state index contributed by atoms with van der Waals surface area (Å²) in [5.41, 5.74) is 4.20. The summed E-state index contributed by atoms with van der Waals surface area (Å²) in [6.45, 7) is 6.11. The largest absolute Gasteiger partial charge is 0.387 e. The van der Waals surface area contributed by atoms with Gasteiger partial charge in [-0.2, -0.15) is 4.68 Å². The van der Waals surface area contributed by atoms with Crippen molar-refractivity contribution >= 4 is 5.91 Å². The second-order valence-corrected chi connectivity index (χ2v) is 9.96. The molecular formula is C25H29N7O4. The maximum Gasteiger partial charge on any atom is 0.255 e. The van der Waals surface area contributed by atoms with Crippen LogP contribution in [0.2, 0.25) is 0 Å². The molecule has 6 rings (SSSR count). The first-order chi connectivity index (χ1) is 17.5. The van der Waals surface area contributed by atoms with E-state index in [1.807, 2.05) is 24.0 Å². The number of ether oxygens (including phenoxy) is 1. The molecule has 2 saturated heterocycles. The van der Waals surface area contributed by atoms with Crippen molar-refractivity contribution in [2.75, 3.05) is 32.7 Å². The molecule has 3 aromatic rings. The Morgan fingerprint density at radius 2 is 2.06 bits per heavy atom. The Morgan fingerprint density at radius 3 is 2.83 bits per heavy atom. The molecule has 0 bridgehead atoms. The third kappa shape index (κ3) is 4.17. The lowest BCUT2D eigenvalue weighted by Gasteiger charge is -2.34. The smallest absolute Gasteiger partial charge is 0.255 e. The highest BCUT2D eigenvalue weighted by atomic mass is 16.6. The van der Waals surface area contributed by atoms with E-state index < -0.39 is 12.4 Å². The van der Waals surface area contributed by atoms with E-state index in [0.717, 1.165) is 48.3 Å². The Morgan fingerprint density at radius 1 is 1.19 bits per heavy atom. The fourth-order valence-corrected chi connectivity index (χ4v) is 5.87. The zero-order chi connectivity index (χ0) is 24.8. The SMILES string of the molecule is Cc1c(C(O)CN2CC3CCN(C(=O)c4ccc(-n5cnnn5)nc4)CC3C2)ccc2c1COC2O. The van der Waals surface area contributed by atoms with Gasteiger partial charge >= 0.3 is 0 Å². The van der Waals surface area contributed by atoms with E-state index in [0.29, 0.717) is 42.9 Å². The molecule has 4 unspecified atom stereocenters. The number of aliphatic hydroxyl groups is 2. The number of aliphatic hydroxyl groups excluding tert-OH is 2. The first-order valence-corrected chi connectivity index (χ1v) is 12.3. The molecule has 1 amide bonds. The number of aromatic nitrogens is 5. The average Bonchev–Trinajstić information content (AvgIpc) is 3.64. The van der Waals surface area contributed by atoms with E-state index in [-0.39, 0.29) is 5.91 Å². The molecule has 2 aromatic heterocycles. The van der Waals surface area contributed by atoms with Crippen LogP contribution in [0.25, 0.3) is 5.82 Å². The van der Waals surface area contributed by atoms with Crippen LogP contribution in [0.3, 0.4) is 0 Å². The van der Waals surface area contributed by atoms with Crippen molar-refractivity contribution in [2.45, 2.75) is 32.3 Å². The van der Waals surface area contributed by atoms with Crippen LogP contribution in [0.5, 0.6) is 0 Å². The molecule has 4 atom stereocenters. The van der Waals surface area contributed by atoms with E-state index in [1.54, 1.807) is 18.3 Å². The highest BCUT2D eigenvalue weighted by Gasteiger charge is 2.39. The minimum atomic E-state index is -0.878. The summed E-state index contributed by atoms with van der Waals surface area (Å²) in [7, 11) is 0. The molecule has 1 aromatic carbocycles. The predicted molar refractivity (Wildman–Crippen MR) is 127 cm³/mol. The maximum atomic E-state index is 13.1. The topological polar surface area (TPSA) is 130 Å². The lowest BCUT2D eigenvalue weighted by molar-refractivity contribution is -0.0918. The number of amides is 1. The van der Waals surface area contributed by atoms with Gasteiger partial charge in [-0.15, -0.1) is 5.10 Å². The zero-order valence-corrected chi connectivity index (χ0v) is 20.1. The second-order valence-electron chi connectivity index (χ2n) is 9.96. The summed E-state index contributed by atoms with van der Waals surface area (Å²) in [6.07, 6.45) is 2.49. The number of carbonyl (C=O) groups excluding carboxylic acids is 1. The molecule has 36 heavy (non-hydrogen) atoms. The third-order valence-electron chi connectivity index (χ3n) is 7.86. The average molecular weight is 492 g/mol. The van der Waals surface area contributed by atoms with E-state index >= 15 is 0 Å². The molecule has 11 heteroatoms. The number of hydrogen-bond donors (Lipinski definition) is 2. The molecule has 188 valence electrons. The van der Waals surface area contributed by atoms with Crippen LogP contribution in [-0.2, 0) is 11.3 Å². The molecule has 0 spiro atoms. The Balaban J connectivity index is 1.07. The number of fused-ring (bicyclic) bond motifs is 2. The Hall–Kier alpha value is -3.25. The molecule has 2 N–H and O–H groups in total. The number of hydrogen-bond acceptors (Lipinski definition) is 9. The van der Waals surface area contributed by atoms with Crippen LogP contribution in [0.1, 0.15) is 51.4 Å². The number of carbonyl (C=O) groups is 1. The fourth-order valence-electron chi connectivity index (χ4n) is 5.87. The number of pyridine rings is 1. The van der Waals surface area contributed by atoms with E-state index in [9.17, 15) is 15.0 Å². The van der Waals surface area contributed by atoms with Crippen molar-refractivity contribution in [3.05, 3.63) is 64.6 Å². The Kier molecular flexibility index (Phi) is 6.00. The van der Waals surface area contributed by atoms with Crippen molar-refractivity contribution in [1.29, 1.82) is 0 Å². The number of likely N-dealkylation sites (tertiary alicyclic amines) is 2. The first kappa shape index (κ1) is 23.2. The minimum absolute atomic E-state index is 0.0131. The third-order valence-corrected chi connectivity index (χ3v) is 7.86.